The van der Waals surface area contributed by atoms with Gasteiger partial charge in [0.15, 0.2) is 0 Å². The summed E-state index contributed by atoms with van der Waals surface area (Å²) in [5.74, 6) is -0.626. The second-order valence-electron chi connectivity index (χ2n) is 6.86. The van der Waals surface area contributed by atoms with Gasteiger partial charge in [0.25, 0.3) is 0 Å². The molecule has 0 aromatic heterocycles. The summed E-state index contributed by atoms with van der Waals surface area (Å²) in [7, 11) is 0. The van der Waals surface area contributed by atoms with E-state index < -0.39 is 29.5 Å². The van der Waals surface area contributed by atoms with Crippen molar-refractivity contribution in [3.05, 3.63) is 76.9 Å². The zero-order chi connectivity index (χ0) is 19.4. The summed E-state index contributed by atoms with van der Waals surface area (Å²) in [6, 6.07) is 8.09. The fraction of sp³-hybridized carbons (Fsp3) is 0.300. The molecule has 2 aromatic rings. The number of benzene rings is 2. The summed E-state index contributed by atoms with van der Waals surface area (Å²) in [6.07, 6.45) is -4.83. The molecule has 142 valence electrons. The predicted molar refractivity (Wildman–Crippen MR) is 89.2 cm³/mol. The van der Waals surface area contributed by atoms with Crippen molar-refractivity contribution in [1.29, 1.82) is 0 Å². The number of hydrogen-bond donors (Lipinski definition) is 1. The Morgan fingerprint density at radius 2 is 1.59 bits per heavy atom. The molecule has 0 saturated carbocycles. The first-order valence-electron chi connectivity index (χ1n) is 8.47. The van der Waals surface area contributed by atoms with Crippen molar-refractivity contribution < 1.29 is 26.3 Å². The molecule has 0 radical (unpaired) electrons. The molecule has 2 aliphatic rings. The molecule has 0 bridgehead atoms. The Hall–Kier alpha value is -2.44. The number of hydrogen-bond acceptors (Lipinski definition) is 1. The minimum atomic E-state index is -4.50. The van der Waals surface area contributed by atoms with Crippen molar-refractivity contribution in [3.63, 3.8) is 0 Å². The lowest BCUT2D eigenvalue weighted by Gasteiger charge is -2.38. The number of halogens is 6. The number of anilines is 1. The minimum Gasteiger partial charge on any atom is -0.378 e. The summed E-state index contributed by atoms with van der Waals surface area (Å²) in [5, 5.41) is 3.07. The Bertz CT molecular complexity index is 896. The van der Waals surface area contributed by atoms with Crippen LogP contribution in [0.2, 0.25) is 0 Å². The monoisotopic (exact) mass is 383 g/mol. The Balaban J connectivity index is 1.80. The van der Waals surface area contributed by atoms with E-state index in [9.17, 15) is 26.3 Å². The van der Waals surface area contributed by atoms with Gasteiger partial charge in [-0.2, -0.15) is 26.3 Å². The molecule has 1 aliphatic carbocycles. The zero-order valence-corrected chi connectivity index (χ0v) is 13.9. The molecule has 0 fully saturated rings. The standard InChI is InChI=1S/C20H15F6N/c21-19(22,23)11-8-9-17-15(10-11)12-5-3-6-13(12)18(27-17)14-4-1-2-7-16(14)20(24,25)26/h1-5,7-10,12-13,18,27H,6H2/t12-,13+,18-/m1/s1. The zero-order valence-electron chi connectivity index (χ0n) is 13.9. The van der Waals surface area contributed by atoms with Crippen molar-refractivity contribution in [1.82, 2.24) is 0 Å². The van der Waals surface area contributed by atoms with Crippen LogP contribution in [-0.4, -0.2) is 0 Å². The number of alkyl halides is 6. The fourth-order valence-corrected chi connectivity index (χ4v) is 4.10. The van der Waals surface area contributed by atoms with E-state index in [1.54, 1.807) is 12.1 Å². The van der Waals surface area contributed by atoms with Crippen molar-refractivity contribution in [2.45, 2.75) is 30.7 Å². The number of rotatable bonds is 1. The van der Waals surface area contributed by atoms with E-state index in [2.05, 4.69) is 5.32 Å². The highest BCUT2D eigenvalue weighted by atomic mass is 19.4. The van der Waals surface area contributed by atoms with E-state index in [-0.39, 0.29) is 17.4 Å². The van der Waals surface area contributed by atoms with Gasteiger partial charge in [0.05, 0.1) is 17.2 Å². The molecule has 3 atom stereocenters. The Kier molecular flexibility index (Phi) is 4.01. The van der Waals surface area contributed by atoms with Gasteiger partial charge in [0, 0.05) is 11.6 Å². The second-order valence-corrected chi connectivity index (χ2v) is 6.86. The number of allylic oxidation sites excluding steroid dienone is 2. The van der Waals surface area contributed by atoms with Crippen LogP contribution in [0.15, 0.2) is 54.6 Å². The molecular weight excluding hydrogens is 368 g/mol. The lowest BCUT2D eigenvalue weighted by Crippen LogP contribution is -2.31. The summed E-state index contributed by atoms with van der Waals surface area (Å²) >= 11 is 0. The highest BCUT2D eigenvalue weighted by Crippen LogP contribution is 2.52. The molecule has 1 aliphatic heterocycles. The van der Waals surface area contributed by atoms with Crippen molar-refractivity contribution >= 4 is 5.69 Å². The van der Waals surface area contributed by atoms with E-state index in [0.29, 0.717) is 17.7 Å². The molecule has 1 nitrogen and oxygen atoms in total. The van der Waals surface area contributed by atoms with Crippen molar-refractivity contribution in [3.8, 4) is 0 Å². The molecule has 27 heavy (non-hydrogen) atoms. The molecular formula is C20H15F6N. The van der Waals surface area contributed by atoms with E-state index in [0.717, 1.165) is 18.2 Å². The van der Waals surface area contributed by atoms with Crippen LogP contribution >= 0.6 is 0 Å². The topological polar surface area (TPSA) is 12.0 Å². The van der Waals surface area contributed by atoms with Crippen LogP contribution in [0.3, 0.4) is 0 Å². The van der Waals surface area contributed by atoms with Crippen LogP contribution < -0.4 is 5.32 Å². The highest BCUT2D eigenvalue weighted by Gasteiger charge is 2.43. The van der Waals surface area contributed by atoms with Crippen molar-refractivity contribution in [2.75, 3.05) is 5.32 Å². The molecule has 0 amide bonds. The number of nitrogens with one attached hydrogen (secondary N) is 1. The summed E-state index contributed by atoms with van der Waals surface area (Å²) < 4.78 is 79.6. The minimum absolute atomic E-state index is 0.120. The van der Waals surface area contributed by atoms with Crippen molar-refractivity contribution in [2.24, 2.45) is 5.92 Å². The van der Waals surface area contributed by atoms with Gasteiger partial charge in [-0.25, -0.2) is 0 Å². The van der Waals surface area contributed by atoms with Crippen LogP contribution in [0, 0.1) is 5.92 Å². The average Bonchev–Trinajstić information content (AvgIpc) is 3.09. The summed E-state index contributed by atoms with van der Waals surface area (Å²) in [4.78, 5) is 0. The quantitative estimate of drug-likeness (QED) is 0.435. The van der Waals surface area contributed by atoms with E-state index in [4.69, 9.17) is 0 Å². The normalized spacial score (nSPS) is 24.3. The molecule has 1 heterocycles. The lowest BCUT2D eigenvalue weighted by molar-refractivity contribution is -0.139. The average molecular weight is 383 g/mol. The summed E-state index contributed by atoms with van der Waals surface area (Å²) in [6.45, 7) is 0. The van der Waals surface area contributed by atoms with Gasteiger partial charge < -0.3 is 5.32 Å². The van der Waals surface area contributed by atoms with E-state index >= 15 is 0 Å². The first-order chi connectivity index (χ1) is 12.7. The molecule has 1 N–H and O–H groups in total. The molecule has 0 spiro atoms. The third-order valence-electron chi connectivity index (χ3n) is 5.29. The Morgan fingerprint density at radius 1 is 0.852 bits per heavy atom. The fourth-order valence-electron chi connectivity index (χ4n) is 4.10. The first-order valence-corrected chi connectivity index (χ1v) is 8.47. The van der Waals surface area contributed by atoms with Crippen LogP contribution in [-0.2, 0) is 12.4 Å². The molecule has 2 aromatic carbocycles. The molecule has 0 unspecified atom stereocenters. The van der Waals surface area contributed by atoms with E-state index in [1.165, 1.54) is 18.2 Å². The lowest BCUT2D eigenvalue weighted by atomic mass is 9.75. The summed E-state index contributed by atoms with van der Waals surface area (Å²) in [5.41, 5.74) is -0.434. The second kappa shape index (κ2) is 6.04. The van der Waals surface area contributed by atoms with Crippen LogP contribution in [0.25, 0.3) is 0 Å². The Labute approximate surface area is 151 Å². The van der Waals surface area contributed by atoms with Gasteiger partial charge in [-0.1, -0.05) is 30.4 Å². The highest BCUT2D eigenvalue weighted by molar-refractivity contribution is 5.61. The predicted octanol–water partition coefficient (Wildman–Crippen LogP) is 6.55. The van der Waals surface area contributed by atoms with Crippen LogP contribution in [0.5, 0.6) is 0 Å². The maximum Gasteiger partial charge on any atom is 0.416 e. The van der Waals surface area contributed by atoms with Gasteiger partial charge in [0.1, 0.15) is 0 Å². The molecule has 0 saturated heterocycles. The van der Waals surface area contributed by atoms with Crippen LogP contribution in [0.4, 0.5) is 32.0 Å². The first kappa shape index (κ1) is 17.9. The third-order valence-corrected chi connectivity index (χ3v) is 5.29. The smallest absolute Gasteiger partial charge is 0.378 e. The van der Waals surface area contributed by atoms with E-state index in [1.807, 2.05) is 6.08 Å². The number of fused-ring (bicyclic) bond motifs is 3. The van der Waals surface area contributed by atoms with Gasteiger partial charge >= 0.3 is 12.4 Å². The Morgan fingerprint density at radius 3 is 2.30 bits per heavy atom. The molecule has 7 heteroatoms. The third kappa shape index (κ3) is 3.09. The van der Waals surface area contributed by atoms with Gasteiger partial charge in [0.2, 0.25) is 0 Å². The molecule has 4 rings (SSSR count). The van der Waals surface area contributed by atoms with Gasteiger partial charge in [-0.05, 0) is 47.7 Å². The van der Waals surface area contributed by atoms with Gasteiger partial charge in [-0.15, -0.1) is 0 Å². The maximum absolute atomic E-state index is 13.5. The van der Waals surface area contributed by atoms with Crippen LogP contribution in [0.1, 0.15) is 40.6 Å². The SMILES string of the molecule is FC(F)(F)c1ccc2c(c1)[C@@H]1C=CC[C@@H]1[C@H](c1ccccc1C(F)(F)F)N2. The maximum atomic E-state index is 13.5. The van der Waals surface area contributed by atoms with Gasteiger partial charge in [-0.3, -0.25) is 0 Å². The largest absolute Gasteiger partial charge is 0.416 e.